The number of nitrogens with zero attached hydrogens (tertiary/aromatic N) is 2. The molecule has 0 spiro atoms. The summed E-state index contributed by atoms with van der Waals surface area (Å²) in [5.74, 6) is 0.264. The van der Waals surface area contributed by atoms with E-state index < -0.39 is 0 Å². The summed E-state index contributed by atoms with van der Waals surface area (Å²) < 4.78 is 5.72. The lowest BCUT2D eigenvalue weighted by atomic mass is 10.2. The second kappa shape index (κ2) is 7.34. The van der Waals surface area contributed by atoms with Crippen LogP contribution in [0.4, 0.5) is 0 Å². The number of ether oxygens (including phenoxy) is 1. The van der Waals surface area contributed by atoms with Gasteiger partial charge in [0.15, 0.2) is 0 Å². The van der Waals surface area contributed by atoms with Crippen molar-refractivity contribution in [2.45, 2.75) is 19.6 Å². The highest BCUT2D eigenvalue weighted by Crippen LogP contribution is 2.31. The minimum atomic E-state index is -0.304. The van der Waals surface area contributed by atoms with E-state index in [2.05, 4.69) is 15.3 Å². The number of thiazole rings is 1. The van der Waals surface area contributed by atoms with Crippen molar-refractivity contribution in [2.75, 3.05) is 0 Å². The first-order valence-corrected chi connectivity index (χ1v) is 8.42. The Kier molecular flexibility index (Phi) is 4.99. The molecule has 3 aromatic rings. The summed E-state index contributed by atoms with van der Waals surface area (Å²) >= 11 is 7.77. The number of fused-ring (bicyclic) bond motifs is 1. The molecule has 122 valence electrons. The van der Waals surface area contributed by atoms with Crippen LogP contribution < -0.4 is 10.1 Å². The lowest BCUT2D eigenvalue weighted by Gasteiger charge is -2.06. The molecule has 0 aliphatic rings. The summed E-state index contributed by atoms with van der Waals surface area (Å²) in [6.45, 7) is 0.675. The zero-order valence-corrected chi connectivity index (χ0v) is 14.1. The number of aromatic amines is 1. The maximum absolute atomic E-state index is 11.3. The van der Waals surface area contributed by atoms with Crippen LogP contribution in [0.5, 0.6) is 5.75 Å². The Morgan fingerprint density at radius 2 is 2.33 bits per heavy atom. The number of amides is 1. The summed E-state index contributed by atoms with van der Waals surface area (Å²) in [5, 5.41) is 14.5. The van der Waals surface area contributed by atoms with E-state index in [1.54, 1.807) is 5.51 Å². The molecular formula is C16H13ClN4O2S. The van der Waals surface area contributed by atoms with E-state index in [9.17, 15) is 4.79 Å². The molecular weight excluding hydrogens is 348 g/mol. The van der Waals surface area contributed by atoms with Crippen molar-refractivity contribution in [2.24, 2.45) is 0 Å². The van der Waals surface area contributed by atoms with Crippen molar-refractivity contribution in [1.29, 1.82) is 5.26 Å². The van der Waals surface area contributed by atoms with Gasteiger partial charge in [0.2, 0.25) is 5.91 Å². The fourth-order valence-electron chi connectivity index (χ4n) is 2.19. The molecule has 6 nitrogen and oxygen atoms in total. The van der Waals surface area contributed by atoms with Crippen molar-refractivity contribution in [3.05, 3.63) is 45.5 Å². The average molecular weight is 361 g/mol. The first kappa shape index (κ1) is 16.3. The predicted octanol–water partition coefficient (Wildman–Crippen LogP) is 3.39. The number of H-pyrrole nitrogens is 1. The highest BCUT2D eigenvalue weighted by atomic mass is 35.5. The molecule has 0 bridgehead atoms. The smallest absolute Gasteiger partial charge is 0.234 e. The molecule has 0 aliphatic carbocycles. The summed E-state index contributed by atoms with van der Waals surface area (Å²) in [4.78, 5) is 18.7. The third-order valence-corrected chi connectivity index (χ3v) is 4.23. The Balaban J connectivity index is 1.72. The molecule has 0 unspecified atom stereocenters. The first-order chi connectivity index (χ1) is 11.7. The number of carbonyl (C=O) groups excluding carboxylic acids is 1. The molecule has 0 radical (unpaired) electrons. The van der Waals surface area contributed by atoms with E-state index >= 15 is 0 Å². The van der Waals surface area contributed by atoms with E-state index in [4.69, 9.17) is 21.6 Å². The molecule has 2 aromatic heterocycles. The number of nitriles is 1. The molecule has 0 fully saturated rings. The minimum absolute atomic E-state index is 0.152. The van der Waals surface area contributed by atoms with Gasteiger partial charge in [-0.2, -0.15) is 5.26 Å². The molecule has 1 amide bonds. The molecule has 0 atom stereocenters. The van der Waals surface area contributed by atoms with Gasteiger partial charge in [0.25, 0.3) is 0 Å². The molecule has 8 heteroatoms. The molecule has 24 heavy (non-hydrogen) atoms. The number of benzene rings is 1. The van der Waals surface area contributed by atoms with Crippen LogP contribution in [0.1, 0.15) is 17.8 Å². The van der Waals surface area contributed by atoms with Crippen molar-refractivity contribution >= 4 is 39.7 Å². The maximum atomic E-state index is 11.3. The van der Waals surface area contributed by atoms with Gasteiger partial charge in [0.1, 0.15) is 18.8 Å². The fraction of sp³-hybridized carbons (Fsp3) is 0.188. The van der Waals surface area contributed by atoms with Crippen molar-refractivity contribution in [1.82, 2.24) is 15.3 Å². The number of hydrogen-bond acceptors (Lipinski definition) is 5. The van der Waals surface area contributed by atoms with Crippen LogP contribution >= 0.6 is 22.9 Å². The minimum Gasteiger partial charge on any atom is -0.486 e. The Hall–Kier alpha value is -2.56. The number of rotatable bonds is 6. The van der Waals surface area contributed by atoms with Gasteiger partial charge in [0, 0.05) is 28.0 Å². The zero-order chi connectivity index (χ0) is 16.9. The summed E-state index contributed by atoms with van der Waals surface area (Å²) in [6, 6.07) is 7.35. The third-order valence-electron chi connectivity index (χ3n) is 3.30. The quantitative estimate of drug-likeness (QED) is 0.705. The third kappa shape index (κ3) is 3.85. The van der Waals surface area contributed by atoms with E-state index in [-0.39, 0.29) is 12.3 Å². The van der Waals surface area contributed by atoms with E-state index in [0.29, 0.717) is 23.9 Å². The summed E-state index contributed by atoms with van der Waals surface area (Å²) in [7, 11) is 0. The van der Waals surface area contributed by atoms with Gasteiger partial charge >= 0.3 is 0 Å². The zero-order valence-electron chi connectivity index (χ0n) is 12.5. The number of carbonyl (C=O) groups is 1. The lowest BCUT2D eigenvalue weighted by molar-refractivity contribution is -0.120. The first-order valence-electron chi connectivity index (χ1n) is 7.10. The standard InChI is InChI=1S/C16H13ClN4O2S/c17-13-4-10-3-11(6-19-16(22)1-2-18)21-14(10)5-15(13)23-7-12-8-24-9-20-12/h3-5,8-9,21H,1,6-7H2,(H,19,22). The van der Waals surface area contributed by atoms with Crippen molar-refractivity contribution in [3.8, 4) is 11.8 Å². The van der Waals surface area contributed by atoms with E-state index in [0.717, 1.165) is 22.3 Å². The topological polar surface area (TPSA) is 90.8 Å². The number of hydrogen-bond donors (Lipinski definition) is 2. The Morgan fingerprint density at radius 3 is 3.08 bits per heavy atom. The van der Waals surface area contributed by atoms with Gasteiger partial charge < -0.3 is 15.0 Å². The molecule has 0 saturated carbocycles. The second-order valence-corrected chi connectivity index (χ2v) is 6.17. The van der Waals surface area contributed by atoms with Crippen LogP contribution in [-0.4, -0.2) is 15.9 Å². The van der Waals surface area contributed by atoms with Gasteiger partial charge in [-0.15, -0.1) is 11.3 Å². The van der Waals surface area contributed by atoms with E-state index in [1.807, 2.05) is 29.6 Å². The SMILES string of the molecule is N#CCC(=O)NCc1cc2cc(Cl)c(OCc3cscn3)cc2[nH]1. The number of nitrogens with one attached hydrogen (secondary N) is 2. The molecule has 3 rings (SSSR count). The monoisotopic (exact) mass is 360 g/mol. The molecule has 0 aliphatic heterocycles. The van der Waals surface area contributed by atoms with Crippen LogP contribution in [0.2, 0.25) is 5.02 Å². The van der Waals surface area contributed by atoms with E-state index in [1.165, 1.54) is 11.3 Å². The molecule has 2 heterocycles. The Bertz CT molecular complexity index is 899. The van der Waals surface area contributed by atoms with Gasteiger partial charge in [-0.1, -0.05) is 11.6 Å². The largest absolute Gasteiger partial charge is 0.486 e. The maximum Gasteiger partial charge on any atom is 0.234 e. The lowest BCUT2D eigenvalue weighted by Crippen LogP contribution is -2.21. The predicted molar refractivity (Wildman–Crippen MR) is 91.8 cm³/mol. The van der Waals surface area contributed by atoms with Gasteiger partial charge in [0.05, 0.1) is 28.8 Å². The summed E-state index contributed by atoms with van der Waals surface area (Å²) in [6.07, 6.45) is -0.152. The molecule has 1 aromatic carbocycles. The Labute approximate surface area is 147 Å². The fourth-order valence-corrected chi connectivity index (χ4v) is 2.96. The van der Waals surface area contributed by atoms with Crippen LogP contribution in [0.15, 0.2) is 29.1 Å². The van der Waals surface area contributed by atoms with Crippen LogP contribution in [0, 0.1) is 11.3 Å². The van der Waals surface area contributed by atoms with Gasteiger partial charge in [-0.25, -0.2) is 4.98 Å². The molecule has 2 N–H and O–H groups in total. The average Bonchev–Trinajstić information content (AvgIpc) is 3.20. The van der Waals surface area contributed by atoms with Crippen molar-refractivity contribution < 1.29 is 9.53 Å². The van der Waals surface area contributed by atoms with Crippen molar-refractivity contribution in [3.63, 3.8) is 0 Å². The van der Waals surface area contributed by atoms with Crippen LogP contribution in [0.3, 0.4) is 0 Å². The number of halogens is 1. The highest BCUT2D eigenvalue weighted by molar-refractivity contribution is 7.07. The normalized spacial score (nSPS) is 10.5. The second-order valence-electron chi connectivity index (χ2n) is 5.04. The molecule has 0 saturated heterocycles. The van der Waals surface area contributed by atoms with Crippen LogP contribution in [0.25, 0.3) is 10.9 Å². The Morgan fingerprint density at radius 1 is 1.46 bits per heavy atom. The summed E-state index contributed by atoms with van der Waals surface area (Å²) in [5.41, 5.74) is 4.28. The van der Waals surface area contributed by atoms with Crippen LogP contribution in [-0.2, 0) is 17.9 Å². The van der Waals surface area contributed by atoms with Gasteiger partial charge in [-0.05, 0) is 12.1 Å². The van der Waals surface area contributed by atoms with Gasteiger partial charge in [-0.3, -0.25) is 4.79 Å². The number of aromatic nitrogens is 2. The highest BCUT2D eigenvalue weighted by Gasteiger charge is 2.09.